The highest BCUT2D eigenvalue weighted by Gasteiger charge is 2.08. The van der Waals surface area contributed by atoms with Crippen molar-refractivity contribution in [2.24, 2.45) is 0 Å². The van der Waals surface area contributed by atoms with E-state index >= 15 is 0 Å². The van der Waals surface area contributed by atoms with Gasteiger partial charge < -0.3 is 5.32 Å². The van der Waals surface area contributed by atoms with E-state index in [9.17, 15) is 4.79 Å². The van der Waals surface area contributed by atoms with E-state index in [0.717, 1.165) is 16.6 Å². The van der Waals surface area contributed by atoms with Crippen molar-refractivity contribution >= 4 is 33.6 Å². The van der Waals surface area contributed by atoms with Crippen LogP contribution in [0.5, 0.6) is 0 Å². The highest BCUT2D eigenvalue weighted by atomic mass is 79.9. The molecule has 0 aliphatic rings. The van der Waals surface area contributed by atoms with Gasteiger partial charge in [-0.3, -0.25) is 4.79 Å². The van der Waals surface area contributed by atoms with E-state index in [4.69, 9.17) is 0 Å². The van der Waals surface area contributed by atoms with Crippen molar-refractivity contribution in [3.05, 3.63) is 34.3 Å². The Labute approximate surface area is 109 Å². The molecule has 1 amide bonds. The van der Waals surface area contributed by atoms with Gasteiger partial charge in [-0.1, -0.05) is 15.9 Å². The van der Waals surface area contributed by atoms with Crippen molar-refractivity contribution in [2.75, 3.05) is 12.0 Å². The van der Waals surface area contributed by atoms with Crippen molar-refractivity contribution < 1.29 is 4.79 Å². The average Bonchev–Trinajstić information content (AvgIpc) is 2.27. The summed E-state index contributed by atoms with van der Waals surface area (Å²) < 4.78 is 0.986. The Morgan fingerprint density at radius 3 is 2.62 bits per heavy atom. The summed E-state index contributed by atoms with van der Waals surface area (Å²) in [6.45, 7) is 2.03. The number of carbonyl (C=O) groups is 1. The van der Waals surface area contributed by atoms with Gasteiger partial charge in [0.25, 0.3) is 5.91 Å². The maximum absolute atomic E-state index is 11.8. The number of rotatable bonds is 5. The molecule has 1 atom stereocenters. The highest BCUT2D eigenvalue weighted by molar-refractivity contribution is 9.10. The Kier molecular flexibility index (Phi) is 5.91. The molecule has 16 heavy (non-hydrogen) atoms. The molecule has 1 aromatic carbocycles. The first-order chi connectivity index (χ1) is 7.63. The number of carbonyl (C=O) groups excluding carboxylic acids is 1. The minimum absolute atomic E-state index is 0.00102. The van der Waals surface area contributed by atoms with Crippen LogP contribution in [0.2, 0.25) is 0 Å². The second kappa shape index (κ2) is 6.97. The largest absolute Gasteiger partial charge is 0.350 e. The molecule has 4 heteroatoms. The summed E-state index contributed by atoms with van der Waals surface area (Å²) in [7, 11) is 0. The van der Waals surface area contributed by atoms with Gasteiger partial charge in [0.15, 0.2) is 0 Å². The highest BCUT2D eigenvalue weighted by Crippen LogP contribution is 2.10. The lowest BCUT2D eigenvalue weighted by Gasteiger charge is -2.13. The maximum Gasteiger partial charge on any atom is 0.251 e. The van der Waals surface area contributed by atoms with Gasteiger partial charge in [0.1, 0.15) is 0 Å². The minimum Gasteiger partial charge on any atom is -0.350 e. The monoisotopic (exact) mass is 301 g/mol. The fraction of sp³-hybridized carbons (Fsp3) is 0.417. The van der Waals surface area contributed by atoms with Crippen LogP contribution in [0.15, 0.2) is 28.7 Å². The molecule has 0 bridgehead atoms. The molecule has 0 fully saturated rings. The molecule has 2 nitrogen and oxygen atoms in total. The van der Waals surface area contributed by atoms with Gasteiger partial charge in [-0.15, -0.1) is 0 Å². The van der Waals surface area contributed by atoms with Crippen molar-refractivity contribution in [1.82, 2.24) is 5.32 Å². The molecular weight excluding hydrogens is 286 g/mol. The Bertz CT molecular complexity index is 339. The smallest absolute Gasteiger partial charge is 0.251 e. The van der Waals surface area contributed by atoms with E-state index in [1.54, 1.807) is 11.8 Å². The molecule has 0 heterocycles. The van der Waals surface area contributed by atoms with Crippen LogP contribution >= 0.6 is 27.7 Å². The molecule has 0 spiro atoms. The lowest BCUT2D eigenvalue weighted by molar-refractivity contribution is 0.0939. The van der Waals surface area contributed by atoms with Crippen LogP contribution in [-0.4, -0.2) is 24.0 Å². The van der Waals surface area contributed by atoms with Crippen molar-refractivity contribution in [3.8, 4) is 0 Å². The van der Waals surface area contributed by atoms with Crippen molar-refractivity contribution in [1.29, 1.82) is 0 Å². The van der Waals surface area contributed by atoms with E-state index in [0.29, 0.717) is 5.56 Å². The van der Waals surface area contributed by atoms with E-state index < -0.39 is 0 Å². The van der Waals surface area contributed by atoms with Crippen LogP contribution in [0.1, 0.15) is 23.7 Å². The number of hydrogen-bond donors (Lipinski definition) is 1. The third-order valence-electron chi connectivity index (χ3n) is 2.24. The summed E-state index contributed by atoms with van der Waals surface area (Å²) in [5.74, 6) is 1.07. The molecule has 1 aromatic rings. The first-order valence-corrected chi connectivity index (χ1v) is 7.37. The quantitative estimate of drug-likeness (QED) is 0.904. The third kappa shape index (κ3) is 4.58. The molecule has 0 radical (unpaired) electrons. The lowest BCUT2D eigenvalue weighted by Crippen LogP contribution is -2.32. The molecule has 88 valence electrons. The van der Waals surface area contributed by atoms with Crippen LogP contribution < -0.4 is 5.32 Å². The second-order valence-corrected chi connectivity index (χ2v) is 5.56. The topological polar surface area (TPSA) is 29.1 Å². The minimum atomic E-state index is 0.00102. The Hall–Kier alpha value is -0.480. The zero-order valence-electron chi connectivity index (χ0n) is 9.50. The number of amides is 1. The van der Waals surface area contributed by atoms with Gasteiger partial charge in [-0.25, -0.2) is 0 Å². The normalized spacial score (nSPS) is 12.2. The SMILES string of the molecule is CSCCC(C)NC(=O)c1ccc(Br)cc1. The molecule has 0 aromatic heterocycles. The molecule has 0 aliphatic heterocycles. The molecule has 0 aliphatic carbocycles. The molecule has 0 saturated heterocycles. The Morgan fingerprint density at radius 1 is 1.44 bits per heavy atom. The number of nitrogens with one attached hydrogen (secondary N) is 1. The van der Waals surface area contributed by atoms with Crippen LogP contribution in [-0.2, 0) is 0 Å². The number of hydrogen-bond acceptors (Lipinski definition) is 2. The number of benzene rings is 1. The van der Waals surface area contributed by atoms with Gasteiger partial charge in [-0.2, -0.15) is 11.8 Å². The molecule has 1 rings (SSSR count). The van der Waals surface area contributed by atoms with Gasteiger partial charge in [0, 0.05) is 16.1 Å². The molecule has 0 saturated carbocycles. The van der Waals surface area contributed by atoms with Crippen molar-refractivity contribution in [2.45, 2.75) is 19.4 Å². The maximum atomic E-state index is 11.8. The molecule has 1 N–H and O–H groups in total. The summed E-state index contributed by atoms with van der Waals surface area (Å²) >= 11 is 5.14. The predicted octanol–water partition coefficient (Wildman–Crippen LogP) is 3.32. The van der Waals surface area contributed by atoms with Crippen LogP contribution in [0.3, 0.4) is 0 Å². The first-order valence-electron chi connectivity index (χ1n) is 5.19. The van der Waals surface area contributed by atoms with Crippen molar-refractivity contribution in [3.63, 3.8) is 0 Å². The zero-order valence-corrected chi connectivity index (χ0v) is 11.9. The summed E-state index contributed by atoms with van der Waals surface area (Å²) in [4.78, 5) is 11.8. The van der Waals surface area contributed by atoms with Gasteiger partial charge in [0.2, 0.25) is 0 Å². The standard InChI is InChI=1S/C12H16BrNOS/c1-9(7-8-16-2)14-12(15)10-3-5-11(13)6-4-10/h3-6,9H,7-8H2,1-2H3,(H,14,15). The molecular formula is C12H16BrNOS. The van der Waals surface area contributed by atoms with E-state index in [2.05, 4.69) is 27.5 Å². The lowest BCUT2D eigenvalue weighted by atomic mass is 10.2. The van der Waals surface area contributed by atoms with Crippen LogP contribution in [0, 0.1) is 0 Å². The van der Waals surface area contributed by atoms with Crippen LogP contribution in [0.4, 0.5) is 0 Å². The van der Waals surface area contributed by atoms with E-state index in [-0.39, 0.29) is 11.9 Å². The first kappa shape index (κ1) is 13.6. The number of halogens is 1. The summed E-state index contributed by atoms with van der Waals surface area (Å²) in [6.07, 6.45) is 3.08. The van der Waals surface area contributed by atoms with Crippen LogP contribution in [0.25, 0.3) is 0 Å². The van der Waals surface area contributed by atoms with E-state index in [1.165, 1.54) is 0 Å². The van der Waals surface area contributed by atoms with E-state index in [1.807, 2.05) is 31.2 Å². The Balaban J connectivity index is 2.48. The summed E-state index contributed by atoms with van der Waals surface area (Å²) in [5.41, 5.74) is 0.708. The average molecular weight is 302 g/mol. The van der Waals surface area contributed by atoms with Gasteiger partial charge >= 0.3 is 0 Å². The second-order valence-electron chi connectivity index (χ2n) is 3.66. The predicted molar refractivity (Wildman–Crippen MR) is 74.1 cm³/mol. The number of thioether (sulfide) groups is 1. The van der Waals surface area contributed by atoms with Gasteiger partial charge in [0.05, 0.1) is 0 Å². The zero-order chi connectivity index (χ0) is 12.0. The summed E-state index contributed by atoms with van der Waals surface area (Å²) in [6, 6.07) is 7.62. The fourth-order valence-corrected chi connectivity index (χ4v) is 2.13. The summed E-state index contributed by atoms with van der Waals surface area (Å²) in [5, 5.41) is 2.98. The Morgan fingerprint density at radius 2 is 2.06 bits per heavy atom. The molecule has 1 unspecified atom stereocenters. The van der Waals surface area contributed by atoms with Gasteiger partial charge in [-0.05, 0) is 49.6 Å². The fourth-order valence-electron chi connectivity index (χ4n) is 1.28. The third-order valence-corrected chi connectivity index (χ3v) is 3.41.